The molecule has 1 aliphatic carbocycles. The molecule has 1 aliphatic heterocycles. The Kier molecular flexibility index (Phi) is 9.29. The Morgan fingerprint density at radius 3 is 2.34 bits per heavy atom. The topological polar surface area (TPSA) is 76.6 Å². The lowest BCUT2D eigenvalue weighted by Crippen LogP contribution is -2.60. The number of benzene rings is 1. The first-order valence-corrected chi connectivity index (χ1v) is 11.7. The van der Waals surface area contributed by atoms with Crippen LogP contribution in [0, 0.1) is 0 Å². The number of rotatable bonds is 9. The number of aliphatic imine (C=N–C) groups is 1. The number of guanidine groups is 1. The molecule has 2 fully saturated rings. The lowest BCUT2D eigenvalue weighted by atomic mass is 9.80. The van der Waals surface area contributed by atoms with E-state index in [2.05, 4.69) is 20.5 Å². The molecule has 1 heterocycles. The summed E-state index contributed by atoms with van der Waals surface area (Å²) in [5.74, 6) is 2.84. The molecule has 0 spiro atoms. The zero-order chi connectivity index (χ0) is 22.8. The summed E-state index contributed by atoms with van der Waals surface area (Å²) in [6.45, 7) is 5.35. The molecule has 0 unspecified atom stereocenters. The van der Waals surface area contributed by atoms with Gasteiger partial charge in [0, 0.05) is 44.3 Å². The van der Waals surface area contributed by atoms with Crippen LogP contribution >= 0.6 is 0 Å². The second-order valence-electron chi connectivity index (χ2n) is 8.48. The summed E-state index contributed by atoms with van der Waals surface area (Å²) in [6, 6.07) is 3.94. The van der Waals surface area contributed by atoms with Crippen molar-refractivity contribution < 1.29 is 18.9 Å². The molecule has 1 aromatic carbocycles. The van der Waals surface area contributed by atoms with E-state index < -0.39 is 0 Å². The molecule has 0 amide bonds. The van der Waals surface area contributed by atoms with Gasteiger partial charge in [-0.1, -0.05) is 25.3 Å². The highest BCUT2D eigenvalue weighted by atomic mass is 16.5. The average molecular weight is 449 g/mol. The predicted octanol–water partition coefficient (Wildman–Crippen LogP) is 2.46. The molecule has 8 heteroatoms. The second kappa shape index (κ2) is 12.2. The molecule has 8 nitrogen and oxygen atoms in total. The van der Waals surface area contributed by atoms with Crippen molar-refractivity contribution in [1.29, 1.82) is 0 Å². The number of ether oxygens (including phenoxy) is 4. The zero-order valence-corrected chi connectivity index (χ0v) is 20.2. The molecule has 1 saturated heterocycles. The van der Waals surface area contributed by atoms with E-state index in [0.717, 1.165) is 57.3 Å². The Bertz CT molecular complexity index is 744. The van der Waals surface area contributed by atoms with Crippen LogP contribution < -0.4 is 24.8 Å². The van der Waals surface area contributed by atoms with Gasteiger partial charge in [0.2, 0.25) is 5.75 Å². The largest absolute Gasteiger partial charge is 0.493 e. The molecule has 0 atom stereocenters. The summed E-state index contributed by atoms with van der Waals surface area (Å²) in [5.41, 5.74) is 1.26. The van der Waals surface area contributed by atoms with E-state index in [1.807, 2.05) is 19.2 Å². The standard InChI is InChI=1S/C24H40N4O4/c1-25-23(26-13-10-19-8-9-20(29-2)22(31-4)21(19)30-3)27-18-24(11-6-5-7-12-24)28-14-16-32-17-15-28/h8-9H,5-7,10-18H2,1-4H3,(H2,25,26,27). The first-order valence-electron chi connectivity index (χ1n) is 11.7. The summed E-state index contributed by atoms with van der Waals surface area (Å²) in [6.07, 6.45) is 7.18. The molecule has 0 aromatic heterocycles. The molecular weight excluding hydrogens is 408 g/mol. The normalized spacial score (nSPS) is 19.3. The lowest BCUT2D eigenvalue weighted by Gasteiger charge is -2.48. The van der Waals surface area contributed by atoms with Crippen LogP contribution in [0.25, 0.3) is 0 Å². The minimum Gasteiger partial charge on any atom is -0.493 e. The van der Waals surface area contributed by atoms with E-state index in [4.69, 9.17) is 18.9 Å². The van der Waals surface area contributed by atoms with E-state index in [9.17, 15) is 0 Å². The third kappa shape index (κ3) is 5.78. The van der Waals surface area contributed by atoms with Crippen LogP contribution in [0.1, 0.15) is 37.7 Å². The van der Waals surface area contributed by atoms with Crippen molar-refractivity contribution in [3.8, 4) is 17.2 Å². The molecule has 0 radical (unpaired) electrons. The molecule has 32 heavy (non-hydrogen) atoms. The van der Waals surface area contributed by atoms with Crippen molar-refractivity contribution in [1.82, 2.24) is 15.5 Å². The van der Waals surface area contributed by atoms with Crippen molar-refractivity contribution in [2.24, 2.45) is 4.99 Å². The van der Waals surface area contributed by atoms with Crippen molar-refractivity contribution in [2.75, 3.05) is 67.8 Å². The molecule has 180 valence electrons. The molecule has 1 aromatic rings. The van der Waals surface area contributed by atoms with Gasteiger partial charge in [-0.2, -0.15) is 0 Å². The Morgan fingerprint density at radius 1 is 1.00 bits per heavy atom. The Balaban J connectivity index is 1.58. The Labute approximate surface area is 192 Å². The highest BCUT2D eigenvalue weighted by molar-refractivity contribution is 5.79. The summed E-state index contributed by atoms with van der Waals surface area (Å²) in [7, 11) is 6.74. The Hall–Kier alpha value is -2.19. The summed E-state index contributed by atoms with van der Waals surface area (Å²) in [5, 5.41) is 7.08. The van der Waals surface area contributed by atoms with E-state index in [-0.39, 0.29) is 5.54 Å². The van der Waals surface area contributed by atoms with Crippen LogP contribution in [0.5, 0.6) is 17.2 Å². The third-order valence-corrected chi connectivity index (χ3v) is 6.75. The number of nitrogens with one attached hydrogen (secondary N) is 2. The highest BCUT2D eigenvalue weighted by Crippen LogP contribution is 2.39. The predicted molar refractivity (Wildman–Crippen MR) is 127 cm³/mol. The van der Waals surface area contributed by atoms with Gasteiger partial charge in [-0.25, -0.2) is 0 Å². The van der Waals surface area contributed by atoms with Crippen LogP contribution in [0.4, 0.5) is 0 Å². The molecule has 0 bridgehead atoms. The number of hydrogen-bond acceptors (Lipinski definition) is 6. The van der Waals surface area contributed by atoms with Crippen LogP contribution in [0.15, 0.2) is 17.1 Å². The molecule has 2 aliphatic rings. The molecular formula is C24H40N4O4. The van der Waals surface area contributed by atoms with Gasteiger partial charge < -0.3 is 29.6 Å². The fourth-order valence-electron chi connectivity index (χ4n) is 5.00. The smallest absolute Gasteiger partial charge is 0.203 e. The van der Waals surface area contributed by atoms with Gasteiger partial charge in [-0.05, 0) is 25.3 Å². The minimum absolute atomic E-state index is 0.201. The second-order valence-corrected chi connectivity index (χ2v) is 8.48. The lowest BCUT2D eigenvalue weighted by molar-refractivity contribution is -0.0352. The maximum atomic E-state index is 5.61. The fraction of sp³-hybridized carbons (Fsp3) is 0.708. The zero-order valence-electron chi connectivity index (χ0n) is 20.2. The van der Waals surface area contributed by atoms with E-state index in [1.165, 1.54) is 32.1 Å². The number of hydrogen-bond donors (Lipinski definition) is 2. The van der Waals surface area contributed by atoms with Crippen LogP contribution in [0.3, 0.4) is 0 Å². The molecule has 1 saturated carbocycles. The number of nitrogens with zero attached hydrogens (tertiary/aromatic N) is 2. The van der Waals surface area contributed by atoms with Gasteiger partial charge in [-0.15, -0.1) is 0 Å². The third-order valence-electron chi connectivity index (χ3n) is 6.75. The fourth-order valence-corrected chi connectivity index (χ4v) is 5.00. The number of morpholine rings is 1. The maximum Gasteiger partial charge on any atom is 0.203 e. The van der Waals surface area contributed by atoms with Crippen molar-refractivity contribution in [2.45, 2.75) is 44.1 Å². The molecule has 2 N–H and O–H groups in total. The first-order chi connectivity index (χ1) is 15.7. The quantitative estimate of drug-likeness (QED) is 0.444. The van der Waals surface area contributed by atoms with Crippen LogP contribution in [-0.2, 0) is 11.2 Å². The van der Waals surface area contributed by atoms with Crippen molar-refractivity contribution >= 4 is 5.96 Å². The SMILES string of the molecule is CN=C(NCCc1ccc(OC)c(OC)c1OC)NCC1(N2CCOCC2)CCCCC1. The maximum absolute atomic E-state index is 5.61. The first kappa shape index (κ1) is 24.5. The average Bonchev–Trinajstić information content (AvgIpc) is 2.86. The van der Waals surface area contributed by atoms with Gasteiger partial charge in [0.05, 0.1) is 34.5 Å². The van der Waals surface area contributed by atoms with Gasteiger partial charge in [0.15, 0.2) is 17.5 Å². The van der Waals surface area contributed by atoms with Crippen LogP contribution in [0.2, 0.25) is 0 Å². The van der Waals surface area contributed by atoms with Gasteiger partial charge in [0.25, 0.3) is 0 Å². The van der Waals surface area contributed by atoms with Gasteiger partial charge >= 0.3 is 0 Å². The van der Waals surface area contributed by atoms with Gasteiger partial charge in [0.1, 0.15) is 0 Å². The monoisotopic (exact) mass is 448 g/mol. The van der Waals surface area contributed by atoms with E-state index >= 15 is 0 Å². The minimum atomic E-state index is 0.201. The highest BCUT2D eigenvalue weighted by Gasteiger charge is 2.38. The number of methoxy groups -OCH3 is 3. The Morgan fingerprint density at radius 2 is 1.72 bits per heavy atom. The summed E-state index contributed by atoms with van der Waals surface area (Å²) in [4.78, 5) is 7.10. The van der Waals surface area contributed by atoms with Crippen molar-refractivity contribution in [3.05, 3.63) is 17.7 Å². The summed E-state index contributed by atoms with van der Waals surface area (Å²) < 4.78 is 22.1. The summed E-state index contributed by atoms with van der Waals surface area (Å²) >= 11 is 0. The molecule has 3 rings (SSSR count). The van der Waals surface area contributed by atoms with E-state index in [0.29, 0.717) is 17.2 Å². The van der Waals surface area contributed by atoms with Crippen molar-refractivity contribution in [3.63, 3.8) is 0 Å². The van der Waals surface area contributed by atoms with Gasteiger partial charge in [-0.3, -0.25) is 9.89 Å². The van der Waals surface area contributed by atoms with Crippen LogP contribution in [-0.4, -0.2) is 84.2 Å². The van der Waals surface area contributed by atoms with E-state index in [1.54, 1.807) is 21.3 Å².